The minimum atomic E-state index is -4.44. The standard InChI is InChI=1S/C21H26F3NO4/c1-12-7-14(21(22,23)24)5-6-17(12)18(26)13-8-15-10-28-11-16(9-13)25(15)19(27)29-20(2,3)4/h5-7,13,15-16H,8-11H2,1-4H3. The summed E-state index contributed by atoms with van der Waals surface area (Å²) in [5.41, 5.74) is -0.791. The molecule has 1 aromatic rings. The number of fused-ring (bicyclic) bond motifs is 2. The van der Waals surface area contributed by atoms with Crippen LogP contribution in [-0.2, 0) is 15.7 Å². The van der Waals surface area contributed by atoms with Crippen LogP contribution in [0, 0.1) is 12.8 Å². The van der Waals surface area contributed by atoms with Gasteiger partial charge in [-0.2, -0.15) is 13.2 Å². The first kappa shape index (κ1) is 21.6. The molecule has 2 aliphatic heterocycles. The van der Waals surface area contributed by atoms with Crippen molar-refractivity contribution in [1.82, 2.24) is 4.90 Å². The molecule has 8 heteroatoms. The molecular weight excluding hydrogens is 387 g/mol. The minimum Gasteiger partial charge on any atom is -0.444 e. The van der Waals surface area contributed by atoms with E-state index in [-0.39, 0.29) is 23.8 Å². The number of halogens is 3. The molecule has 2 aliphatic rings. The summed E-state index contributed by atoms with van der Waals surface area (Å²) in [5.74, 6) is -0.556. The van der Waals surface area contributed by atoms with Crippen LogP contribution in [0.25, 0.3) is 0 Å². The number of alkyl halides is 3. The van der Waals surface area contributed by atoms with Crippen LogP contribution >= 0.6 is 0 Å². The largest absolute Gasteiger partial charge is 0.444 e. The van der Waals surface area contributed by atoms with E-state index in [0.717, 1.165) is 12.1 Å². The van der Waals surface area contributed by atoms with Crippen molar-refractivity contribution >= 4 is 11.9 Å². The summed E-state index contributed by atoms with van der Waals surface area (Å²) in [6.45, 7) is 7.52. The normalized spacial score (nSPS) is 24.9. The molecule has 2 heterocycles. The molecule has 160 valence electrons. The number of hydrogen-bond acceptors (Lipinski definition) is 4. The Hall–Kier alpha value is -2.09. The van der Waals surface area contributed by atoms with Gasteiger partial charge in [0.1, 0.15) is 5.60 Å². The Balaban J connectivity index is 1.77. The van der Waals surface area contributed by atoms with E-state index in [1.54, 1.807) is 25.7 Å². The van der Waals surface area contributed by atoms with Crippen molar-refractivity contribution < 1.29 is 32.2 Å². The summed E-state index contributed by atoms with van der Waals surface area (Å²) in [7, 11) is 0. The first-order valence-electron chi connectivity index (χ1n) is 9.68. The quantitative estimate of drug-likeness (QED) is 0.665. The van der Waals surface area contributed by atoms with Gasteiger partial charge in [-0.1, -0.05) is 6.07 Å². The number of piperidine rings is 1. The van der Waals surface area contributed by atoms with Crippen molar-refractivity contribution in [3.8, 4) is 0 Å². The summed E-state index contributed by atoms with van der Waals surface area (Å²) in [5, 5.41) is 0. The van der Waals surface area contributed by atoms with Crippen molar-refractivity contribution in [3.63, 3.8) is 0 Å². The second-order valence-corrected chi connectivity index (χ2v) is 8.79. The zero-order valence-corrected chi connectivity index (χ0v) is 17.0. The third-order valence-electron chi connectivity index (χ3n) is 5.31. The Morgan fingerprint density at radius 1 is 1.10 bits per heavy atom. The molecular formula is C21H26F3NO4. The van der Waals surface area contributed by atoms with E-state index in [9.17, 15) is 22.8 Å². The molecule has 29 heavy (non-hydrogen) atoms. The molecule has 2 unspecified atom stereocenters. The number of ketones is 1. The van der Waals surface area contributed by atoms with Crippen LogP contribution < -0.4 is 0 Å². The van der Waals surface area contributed by atoms with E-state index in [0.29, 0.717) is 37.2 Å². The highest BCUT2D eigenvalue weighted by atomic mass is 19.4. The molecule has 0 spiro atoms. The molecule has 5 nitrogen and oxygen atoms in total. The molecule has 1 aromatic carbocycles. The first-order chi connectivity index (χ1) is 13.4. The SMILES string of the molecule is Cc1cc(C(F)(F)F)ccc1C(=O)C1CC2COCC(C1)N2C(=O)OC(C)(C)C. The Morgan fingerprint density at radius 2 is 1.69 bits per heavy atom. The van der Waals surface area contributed by atoms with Gasteiger partial charge < -0.3 is 9.47 Å². The van der Waals surface area contributed by atoms with Gasteiger partial charge in [0.25, 0.3) is 0 Å². The van der Waals surface area contributed by atoms with E-state index in [1.165, 1.54) is 13.0 Å². The summed E-state index contributed by atoms with van der Waals surface area (Å²) in [4.78, 5) is 27.3. The zero-order chi connectivity index (χ0) is 21.6. The van der Waals surface area contributed by atoms with Gasteiger partial charge in [-0.3, -0.25) is 9.69 Å². The minimum absolute atomic E-state index is 0.183. The highest BCUT2D eigenvalue weighted by Crippen LogP contribution is 2.36. The lowest BCUT2D eigenvalue weighted by atomic mass is 9.80. The van der Waals surface area contributed by atoms with Crippen LogP contribution in [0.5, 0.6) is 0 Å². The van der Waals surface area contributed by atoms with Gasteiger partial charge in [-0.05, 0) is 58.2 Å². The molecule has 0 radical (unpaired) electrons. The monoisotopic (exact) mass is 413 g/mol. The van der Waals surface area contributed by atoms with Crippen LogP contribution in [0.3, 0.4) is 0 Å². The molecule has 2 atom stereocenters. The van der Waals surface area contributed by atoms with Crippen molar-refractivity contribution in [3.05, 3.63) is 34.9 Å². The maximum atomic E-state index is 13.1. The molecule has 0 saturated carbocycles. The molecule has 3 rings (SSSR count). The molecule has 2 fully saturated rings. The number of hydrogen-bond donors (Lipinski definition) is 0. The number of Topliss-reactive ketones (excluding diaryl/α,β-unsaturated/α-hetero) is 1. The maximum Gasteiger partial charge on any atom is 0.416 e. The number of aryl methyl sites for hydroxylation is 1. The number of carbonyl (C=O) groups is 2. The van der Waals surface area contributed by atoms with Crippen molar-refractivity contribution in [2.75, 3.05) is 13.2 Å². The van der Waals surface area contributed by atoms with Crippen LogP contribution in [0.1, 0.15) is 55.1 Å². The number of carbonyl (C=O) groups excluding carboxylic acids is 2. The molecule has 0 aliphatic carbocycles. The second kappa shape index (κ2) is 7.63. The van der Waals surface area contributed by atoms with E-state index in [1.807, 2.05) is 0 Å². The molecule has 1 amide bonds. The van der Waals surface area contributed by atoms with E-state index in [2.05, 4.69) is 0 Å². The van der Waals surface area contributed by atoms with Gasteiger partial charge in [-0.15, -0.1) is 0 Å². The summed E-state index contributed by atoms with van der Waals surface area (Å²) in [6.07, 6.45) is -4.07. The maximum absolute atomic E-state index is 13.1. The Kier molecular flexibility index (Phi) is 5.69. The lowest BCUT2D eigenvalue weighted by molar-refractivity contribution is -0.137. The van der Waals surface area contributed by atoms with Crippen molar-refractivity contribution in [1.29, 1.82) is 0 Å². The highest BCUT2D eigenvalue weighted by Gasteiger charge is 2.45. The second-order valence-electron chi connectivity index (χ2n) is 8.79. The third-order valence-corrected chi connectivity index (χ3v) is 5.31. The lowest BCUT2D eigenvalue weighted by Crippen LogP contribution is -2.60. The van der Waals surface area contributed by atoms with Crippen LogP contribution in [0.15, 0.2) is 18.2 Å². The van der Waals surface area contributed by atoms with Gasteiger partial charge >= 0.3 is 12.3 Å². The Bertz CT molecular complexity index is 786. The van der Waals surface area contributed by atoms with Crippen molar-refractivity contribution in [2.45, 2.75) is 64.4 Å². The number of amides is 1. The predicted octanol–water partition coefficient (Wildman–Crippen LogP) is 4.61. The van der Waals surface area contributed by atoms with Crippen molar-refractivity contribution in [2.24, 2.45) is 5.92 Å². The fourth-order valence-electron chi connectivity index (χ4n) is 4.08. The predicted molar refractivity (Wildman–Crippen MR) is 99.7 cm³/mol. The van der Waals surface area contributed by atoms with Crippen LogP contribution in [-0.4, -0.2) is 47.7 Å². The zero-order valence-electron chi connectivity index (χ0n) is 17.0. The van der Waals surface area contributed by atoms with Gasteiger partial charge in [0, 0.05) is 11.5 Å². The van der Waals surface area contributed by atoms with E-state index >= 15 is 0 Å². The Morgan fingerprint density at radius 3 is 2.17 bits per heavy atom. The van der Waals surface area contributed by atoms with Gasteiger partial charge in [-0.25, -0.2) is 4.79 Å². The average Bonchev–Trinajstić information content (AvgIpc) is 2.57. The van der Waals surface area contributed by atoms with Gasteiger partial charge in [0.05, 0.1) is 30.9 Å². The number of benzene rings is 1. The number of ether oxygens (including phenoxy) is 2. The topological polar surface area (TPSA) is 55.8 Å². The Labute approximate surface area is 168 Å². The third kappa shape index (κ3) is 4.74. The first-order valence-corrected chi connectivity index (χ1v) is 9.68. The average molecular weight is 413 g/mol. The van der Waals surface area contributed by atoms with Gasteiger partial charge in [0.2, 0.25) is 0 Å². The number of nitrogens with zero attached hydrogens (tertiary/aromatic N) is 1. The van der Waals surface area contributed by atoms with Crippen LogP contribution in [0.2, 0.25) is 0 Å². The smallest absolute Gasteiger partial charge is 0.416 e. The summed E-state index contributed by atoms with van der Waals surface area (Å²) >= 11 is 0. The number of morpholine rings is 1. The highest BCUT2D eigenvalue weighted by molar-refractivity contribution is 5.99. The molecule has 0 N–H and O–H groups in total. The fourth-order valence-corrected chi connectivity index (χ4v) is 4.08. The van der Waals surface area contributed by atoms with E-state index in [4.69, 9.17) is 9.47 Å². The fraction of sp³-hybridized carbons (Fsp3) is 0.619. The lowest BCUT2D eigenvalue weighted by Gasteiger charge is -2.47. The number of rotatable bonds is 2. The molecule has 2 bridgehead atoms. The van der Waals surface area contributed by atoms with E-state index < -0.39 is 23.4 Å². The summed E-state index contributed by atoms with van der Waals surface area (Å²) < 4.78 is 49.8. The molecule has 2 saturated heterocycles. The summed E-state index contributed by atoms with van der Waals surface area (Å²) in [6, 6.07) is 2.63. The molecule has 0 aromatic heterocycles. The van der Waals surface area contributed by atoms with Crippen LogP contribution in [0.4, 0.5) is 18.0 Å². The van der Waals surface area contributed by atoms with Gasteiger partial charge in [0.15, 0.2) is 5.78 Å².